The molecule has 1 aliphatic rings. The zero-order valence-electron chi connectivity index (χ0n) is 12.7. The van der Waals surface area contributed by atoms with Crippen molar-refractivity contribution in [1.29, 1.82) is 0 Å². The molecule has 2 aromatic carbocycles. The fraction of sp³-hybridized carbons (Fsp3) is 0.167. The van der Waals surface area contributed by atoms with Crippen LogP contribution < -0.4 is 10.6 Å². The van der Waals surface area contributed by atoms with Crippen LogP contribution in [0.3, 0.4) is 0 Å². The number of carbonyl (C=O) groups is 3. The summed E-state index contributed by atoms with van der Waals surface area (Å²) in [6, 6.07) is 12.3. The molecular formula is C18H16N2O3. The van der Waals surface area contributed by atoms with E-state index in [1.54, 1.807) is 24.3 Å². The molecule has 3 rings (SSSR count). The number of hydrogen-bond acceptors (Lipinski definition) is 3. The Hall–Kier alpha value is -2.95. The molecule has 0 saturated heterocycles. The molecule has 0 radical (unpaired) electrons. The van der Waals surface area contributed by atoms with Crippen LogP contribution in [0.2, 0.25) is 0 Å². The van der Waals surface area contributed by atoms with Crippen molar-refractivity contribution in [2.24, 2.45) is 0 Å². The highest BCUT2D eigenvalue weighted by Gasteiger charge is 2.18. The second kappa shape index (κ2) is 6.04. The smallest absolute Gasteiger partial charge is 0.228 e. The maximum atomic E-state index is 12.1. The normalized spacial score (nSPS) is 12.5. The first-order valence-corrected chi connectivity index (χ1v) is 7.34. The molecule has 0 atom stereocenters. The maximum Gasteiger partial charge on any atom is 0.228 e. The zero-order valence-corrected chi connectivity index (χ0v) is 12.7. The average Bonchev–Trinajstić information content (AvgIpc) is 2.87. The molecule has 2 N–H and O–H groups in total. The first-order valence-electron chi connectivity index (χ1n) is 7.34. The molecule has 2 amide bonds. The predicted octanol–water partition coefficient (Wildman–Crippen LogP) is 2.57. The van der Waals surface area contributed by atoms with Gasteiger partial charge in [0.05, 0.1) is 12.8 Å². The summed E-state index contributed by atoms with van der Waals surface area (Å²) in [5.74, 6) is -0.172. The molecule has 0 saturated carbocycles. The highest BCUT2D eigenvalue weighted by atomic mass is 16.2. The van der Waals surface area contributed by atoms with Gasteiger partial charge in [0.15, 0.2) is 5.78 Å². The first-order chi connectivity index (χ1) is 11.0. The standard InChI is InChI=1S/C18H16N2O3/c1-11(21)13-3-5-15(6-4-13)19-17(22)9-12-2-7-16-14(8-12)10-18(23)20-16/h2-8H,9-10H2,1H3,(H,19,22)(H,20,23). The molecule has 5 heteroatoms. The Bertz CT molecular complexity index is 794. The molecule has 116 valence electrons. The monoisotopic (exact) mass is 308 g/mol. The number of carbonyl (C=O) groups excluding carboxylic acids is 3. The van der Waals surface area contributed by atoms with Crippen LogP contribution in [0.5, 0.6) is 0 Å². The van der Waals surface area contributed by atoms with E-state index >= 15 is 0 Å². The van der Waals surface area contributed by atoms with Crippen molar-refractivity contribution in [3.05, 3.63) is 59.2 Å². The van der Waals surface area contributed by atoms with E-state index in [2.05, 4.69) is 10.6 Å². The minimum absolute atomic E-state index is 0.0100. The van der Waals surface area contributed by atoms with Crippen LogP contribution >= 0.6 is 0 Å². The van der Waals surface area contributed by atoms with Crippen molar-refractivity contribution in [2.45, 2.75) is 19.8 Å². The molecule has 1 aliphatic heterocycles. The second-order valence-corrected chi connectivity index (χ2v) is 5.57. The lowest BCUT2D eigenvalue weighted by molar-refractivity contribution is -0.116. The third-order valence-electron chi connectivity index (χ3n) is 3.73. The molecule has 0 bridgehead atoms. The van der Waals surface area contributed by atoms with Gasteiger partial charge in [0.2, 0.25) is 11.8 Å². The van der Waals surface area contributed by atoms with E-state index in [-0.39, 0.29) is 24.0 Å². The molecule has 0 fully saturated rings. The highest BCUT2D eigenvalue weighted by molar-refractivity contribution is 5.99. The van der Waals surface area contributed by atoms with E-state index < -0.39 is 0 Å². The highest BCUT2D eigenvalue weighted by Crippen LogP contribution is 2.24. The number of nitrogens with one attached hydrogen (secondary N) is 2. The number of hydrogen-bond donors (Lipinski definition) is 2. The van der Waals surface area contributed by atoms with Gasteiger partial charge in [-0.05, 0) is 48.4 Å². The number of ketones is 1. The molecule has 5 nitrogen and oxygen atoms in total. The molecular weight excluding hydrogens is 292 g/mol. The summed E-state index contributed by atoms with van der Waals surface area (Å²) >= 11 is 0. The van der Waals surface area contributed by atoms with Crippen LogP contribution in [0.15, 0.2) is 42.5 Å². The lowest BCUT2D eigenvalue weighted by Gasteiger charge is -2.07. The van der Waals surface area contributed by atoms with Gasteiger partial charge in [0, 0.05) is 16.9 Å². The van der Waals surface area contributed by atoms with Crippen LogP contribution in [0.4, 0.5) is 11.4 Å². The number of benzene rings is 2. The Kier molecular flexibility index (Phi) is 3.93. The van der Waals surface area contributed by atoms with E-state index in [4.69, 9.17) is 0 Å². The molecule has 2 aromatic rings. The molecule has 0 spiro atoms. The largest absolute Gasteiger partial charge is 0.326 e. The van der Waals surface area contributed by atoms with Crippen LogP contribution in [0.1, 0.15) is 28.4 Å². The topological polar surface area (TPSA) is 75.3 Å². The average molecular weight is 308 g/mol. The molecule has 23 heavy (non-hydrogen) atoms. The van der Waals surface area contributed by atoms with E-state index in [0.29, 0.717) is 17.7 Å². The van der Waals surface area contributed by atoms with E-state index in [0.717, 1.165) is 16.8 Å². The van der Waals surface area contributed by atoms with Gasteiger partial charge in [-0.25, -0.2) is 0 Å². The molecule has 0 aromatic heterocycles. The van der Waals surface area contributed by atoms with E-state index in [1.165, 1.54) is 6.92 Å². The van der Waals surface area contributed by atoms with Gasteiger partial charge in [0.25, 0.3) is 0 Å². The summed E-state index contributed by atoms with van der Waals surface area (Å²) in [6.07, 6.45) is 0.591. The summed E-state index contributed by atoms with van der Waals surface area (Å²) in [4.78, 5) is 34.7. The zero-order chi connectivity index (χ0) is 16.4. The number of fused-ring (bicyclic) bond motifs is 1. The number of amides is 2. The second-order valence-electron chi connectivity index (χ2n) is 5.57. The minimum Gasteiger partial charge on any atom is -0.326 e. The van der Waals surface area contributed by atoms with Crippen molar-refractivity contribution in [2.75, 3.05) is 10.6 Å². The molecule has 0 aliphatic carbocycles. The molecule has 1 heterocycles. The van der Waals surface area contributed by atoms with Crippen LogP contribution in [0, 0.1) is 0 Å². The lowest BCUT2D eigenvalue weighted by Crippen LogP contribution is -2.14. The Labute approximate surface area is 133 Å². The SMILES string of the molecule is CC(=O)c1ccc(NC(=O)Cc2ccc3c(c2)CC(=O)N3)cc1. The lowest BCUT2D eigenvalue weighted by atomic mass is 10.1. The van der Waals surface area contributed by atoms with Gasteiger partial charge in [-0.2, -0.15) is 0 Å². The molecule has 0 unspecified atom stereocenters. The number of rotatable bonds is 4. The Balaban J connectivity index is 1.64. The Morgan fingerprint density at radius 1 is 1.13 bits per heavy atom. The summed E-state index contributed by atoms with van der Waals surface area (Å²) in [7, 11) is 0. The van der Waals surface area contributed by atoms with Crippen molar-refractivity contribution >= 4 is 29.0 Å². The summed E-state index contributed by atoms with van der Waals surface area (Å²) < 4.78 is 0. The van der Waals surface area contributed by atoms with Gasteiger partial charge in [-0.3, -0.25) is 14.4 Å². The van der Waals surface area contributed by atoms with Gasteiger partial charge >= 0.3 is 0 Å². The first kappa shape index (κ1) is 15.0. The van der Waals surface area contributed by atoms with Crippen LogP contribution in [-0.4, -0.2) is 17.6 Å². The minimum atomic E-state index is -0.141. The quantitative estimate of drug-likeness (QED) is 0.852. The van der Waals surface area contributed by atoms with E-state index in [9.17, 15) is 14.4 Å². The van der Waals surface area contributed by atoms with Crippen LogP contribution in [-0.2, 0) is 22.4 Å². The van der Waals surface area contributed by atoms with Gasteiger partial charge < -0.3 is 10.6 Å². The van der Waals surface area contributed by atoms with Crippen molar-refractivity contribution in [1.82, 2.24) is 0 Å². The van der Waals surface area contributed by atoms with Gasteiger partial charge in [0.1, 0.15) is 0 Å². The summed E-state index contributed by atoms with van der Waals surface area (Å²) in [6.45, 7) is 1.50. The van der Waals surface area contributed by atoms with E-state index in [1.807, 2.05) is 18.2 Å². The number of Topliss-reactive ketones (excluding diaryl/α,β-unsaturated/α-hetero) is 1. The fourth-order valence-electron chi connectivity index (χ4n) is 2.57. The maximum absolute atomic E-state index is 12.1. The third-order valence-corrected chi connectivity index (χ3v) is 3.73. The van der Waals surface area contributed by atoms with Crippen LogP contribution in [0.25, 0.3) is 0 Å². The predicted molar refractivity (Wildman–Crippen MR) is 87.6 cm³/mol. The fourth-order valence-corrected chi connectivity index (χ4v) is 2.57. The van der Waals surface area contributed by atoms with Gasteiger partial charge in [-0.15, -0.1) is 0 Å². The van der Waals surface area contributed by atoms with Crippen molar-refractivity contribution in [3.63, 3.8) is 0 Å². The summed E-state index contributed by atoms with van der Waals surface area (Å²) in [5.41, 5.74) is 3.86. The Morgan fingerprint density at radius 2 is 1.87 bits per heavy atom. The Morgan fingerprint density at radius 3 is 2.57 bits per heavy atom. The van der Waals surface area contributed by atoms with Crippen molar-refractivity contribution < 1.29 is 14.4 Å². The summed E-state index contributed by atoms with van der Waals surface area (Å²) in [5, 5.41) is 5.57. The third kappa shape index (κ3) is 3.45. The van der Waals surface area contributed by atoms with Gasteiger partial charge in [-0.1, -0.05) is 12.1 Å². The van der Waals surface area contributed by atoms with Crippen molar-refractivity contribution in [3.8, 4) is 0 Å². The number of anilines is 2.